The Kier molecular flexibility index (Phi) is 5.12. The molecule has 1 atom stereocenters. The van der Waals surface area contributed by atoms with Crippen molar-refractivity contribution >= 4 is 0 Å². The molecule has 0 fully saturated rings. The highest BCUT2D eigenvalue weighted by Gasteiger charge is 2.15. The summed E-state index contributed by atoms with van der Waals surface area (Å²) in [6, 6.07) is 6.26. The maximum absolute atomic E-state index is 5.08. The van der Waals surface area contributed by atoms with Crippen LogP contribution in [0, 0.1) is 0 Å². The van der Waals surface area contributed by atoms with Crippen LogP contribution in [0.3, 0.4) is 0 Å². The third-order valence-corrected chi connectivity index (χ3v) is 3.34. The van der Waals surface area contributed by atoms with Gasteiger partial charge in [-0.25, -0.2) is 4.98 Å². The Hall–Kier alpha value is -1.88. The Bertz CT molecular complexity index is 521. The molecule has 5 nitrogen and oxygen atoms in total. The van der Waals surface area contributed by atoms with Crippen molar-refractivity contribution in [2.24, 2.45) is 0 Å². The highest BCUT2D eigenvalue weighted by molar-refractivity contribution is 5.20. The normalized spacial score (nSPS) is 12.3. The average molecular weight is 274 g/mol. The zero-order chi connectivity index (χ0) is 14.4. The van der Waals surface area contributed by atoms with Gasteiger partial charge in [-0.2, -0.15) is 5.10 Å². The first-order chi connectivity index (χ1) is 9.78. The van der Waals surface area contributed by atoms with E-state index in [0.717, 1.165) is 19.4 Å². The van der Waals surface area contributed by atoms with Gasteiger partial charge in [0.2, 0.25) is 5.88 Å². The molecule has 5 heteroatoms. The molecule has 0 saturated heterocycles. The van der Waals surface area contributed by atoms with Crippen LogP contribution in [0.15, 0.2) is 30.6 Å². The van der Waals surface area contributed by atoms with Crippen molar-refractivity contribution in [3.05, 3.63) is 41.9 Å². The predicted octanol–water partition coefficient (Wildman–Crippen LogP) is 2.20. The van der Waals surface area contributed by atoms with Gasteiger partial charge >= 0.3 is 0 Å². The number of aryl methyl sites for hydroxylation is 1. The predicted molar refractivity (Wildman–Crippen MR) is 78.8 cm³/mol. The number of nitrogens with zero attached hydrogens (tertiary/aromatic N) is 3. The lowest BCUT2D eigenvalue weighted by Gasteiger charge is -2.18. The summed E-state index contributed by atoms with van der Waals surface area (Å²) in [7, 11) is 3.60. The average Bonchev–Trinajstić information content (AvgIpc) is 2.94. The topological polar surface area (TPSA) is 52.0 Å². The minimum absolute atomic E-state index is 0.235. The Labute approximate surface area is 120 Å². The van der Waals surface area contributed by atoms with E-state index in [1.807, 2.05) is 25.5 Å². The number of hydrogen-bond donors (Lipinski definition) is 1. The van der Waals surface area contributed by atoms with Crippen molar-refractivity contribution in [2.75, 3.05) is 14.2 Å². The van der Waals surface area contributed by atoms with Gasteiger partial charge in [0.15, 0.2) is 0 Å². The first kappa shape index (κ1) is 14.5. The van der Waals surface area contributed by atoms with Crippen molar-refractivity contribution < 1.29 is 4.74 Å². The Morgan fingerprint density at radius 1 is 1.35 bits per heavy atom. The van der Waals surface area contributed by atoms with Crippen LogP contribution >= 0.6 is 0 Å². The van der Waals surface area contributed by atoms with Crippen LogP contribution in [0.2, 0.25) is 0 Å². The number of nitrogens with one attached hydrogen (secondary N) is 1. The van der Waals surface area contributed by atoms with Crippen molar-refractivity contribution in [1.29, 1.82) is 0 Å². The molecule has 20 heavy (non-hydrogen) atoms. The molecule has 0 amide bonds. The zero-order valence-electron chi connectivity index (χ0n) is 12.3. The minimum Gasteiger partial charge on any atom is -0.481 e. The number of likely N-dealkylation sites (N-methyl/N-ethyl adjacent to an activating group) is 1. The van der Waals surface area contributed by atoms with Crippen LogP contribution in [0.1, 0.15) is 30.6 Å². The molecule has 0 spiro atoms. The van der Waals surface area contributed by atoms with E-state index < -0.39 is 0 Å². The number of methoxy groups -OCH3 is 1. The fraction of sp³-hybridized carbons (Fsp3) is 0.467. The van der Waals surface area contributed by atoms with Crippen LogP contribution in [0.5, 0.6) is 5.88 Å². The SMILES string of the molecule is CCCn1nccc1C(Cc1ccc(OC)nc1)NC. The van der Waals surface area contributed by atoms with Gasteiger partial charge < -0.3 is 10.1 Å². The number of ether oxygens (including phenoxy) is 1. The van der Waals surface area contributed by atoms with Gasteiger partial charge in [-0.05, 0) is 31.5 Å². The molecule has 0 aliphatic carbocycles. The van der Waals surface area contributed by atoms with Crippen LogP contribution in [0.4, 0.5) is 0 Å². The maximum atomic E-state index is 5.08. The molecule has 108 valence electrons. The summed E-state index contributed by atoms with van der Waals surface area (Å²) in [6.07, 6.45) is 5.68. The van der Waals surface area contributed by atoms with Crippen LogP contribution in [-0.2, 0) is 13.0 Å². The smallest absolute Gasteiger partial charge is 0.212 e. The summed E-state index contributed by atoms with van der Waals surface area (Å²) >= 11 is 0. The van der Waals surface area contributed by atoms with E-state index in [9.17, 15) is 0 Å². The van der Waals surface area contributed by atoms with E-state index in [-0.39, 0.29) is 6.04 Å². The fourth-order valence-electron chi connectivity index (χ4n) is 2.28. The maximum Gasteiger partial charge on any atom is 0.212 e. The van der Waals surface area contributed by atoms with E-state index in [1.54, 1.807) is 7.11 Å². The van der Waals surface area contributed by atoms with Crippen LogP contribution in [-0.4, -0.2) is 28.9 Å². The molecule has 2 aromatic heterocycles. The van der Waals surface area contributed by atoms with Gasteiger partial charge in [-0.15, -0.1) is 0 Å². The lowest BCUT2D eigenvalue weighted by Crippen LogP contribution is -2.22. The molecule has 2 heterocycles. The molecular formula is C15H22N4O. The first-order valence-electron chi connectivity index (χ1n) is 6.96. The van der Waals surface area contributed by atoms with Gasteiger partial charge in [0.1, 0.15) is 0 Å². The zero-order valence-corrected chi connectivity index (χ0v) is 12.3. The first-order valence-corrected chi connectivity index (χ1v) is 6.96. The molecule has 0 saturated carbocycles. The molecule has 1 N–H and O–H groups in total. The Morgan fingerprint density at radius 3 is 2.80 bits per heavy atom. The third kappa shape index (κ3) is 3.36. The summed E-state index contributed by atoms with van der Waals surface area (Å²) in [5.41, 5.74) is 2.39. The second kappa shape index (κ2) is 7.05. The number of pyridine rings is 1. The number of hydrogen-bond acceptors (Lipinski definition) is 4. The number of rotatable bonds is 7. The van der Waals surface area contributed by atoms with Crippen molar-refractivity contribution in [3.63, 3.8) is 0 Å². The second-order valence-electron chi connectivity index (χ2n) is 4.73. The van der Waals surface area contributed by atoms with Gasteiger partial charge in [0.05, 0.1) is 18.8 Å². The minimum atomic E-state index is 0.235. The second-order valence-corrected chi connectivity index (χ2v) is 4.73. The Morgan fingerprint density at radius 2 is 2.20 bits per heavy atom. The largest absolute Gasteiger partial charge is 0.481 e. The summed E-state index contributed by atoms with van der Waals surface area (Å²) in [4.78, 5) is 4.25. The highest BCUT2D eigenvalue weighted by atomic mass is 16.5. The highest BCUT2D eigenvalue weighted by Crippen LogP contribution is 2.19. The third-order valence-electron chi connectivity index (χ3n) is 3.34. The quantitative estimate of drug-likeness (QED) is 0.841. The summed E-state index contributed by atoms with van der Waals surface area (Å²) in [6.45, 7) is 3.11. The molecule has 1 unspecified atom stereocenters. The van der Waals surface area contributed by atoms with E-state index in [0.29, 0.717) is 5.88 Å². The molecule has 0 bridgehead atoms. The van der Waals surface area contributed by atoms with E-state index in [2.05, 4.69) is 39.1 Å². The molecule has 2 aromatic rings. The number of aromatic nitrogens is 3. The monoisotopic (exact) mass is 274 g/mol. The van der Waals surface area contributed by atoms with Crippen molar-refractivity contribution in [1.82, 2.24) is 20.1 Å². The summed E-state index contributed by atoms with van der Waals surface area (Å²) in [5, 5.41) is 7.75. The van der Waals surface area contributed by atoms with Gasteiger partial charge in [0, 0.05) is 25.0 Å². The van der Waals surface area contributed by atoms with Crippen molar-refractivity contribution in [3.8, 4) is 5.88 Å². The molecule has 2 rings (SSSR count). The summed E-state index contributed by atoms with van der Waals surface area (Å²) < 4.78 is 7.15. The molecular weight excluding hydrogens is 252 g/mol. The van der Waals surface area contributed by atoms with E-state index >= 15 is 0 Å². The summed E-state index contributed by atoms with van der Waals surface area (Å²) in [5.74, 6) is 0.644. The van der Waals surface area contributed by atoms with Gasteiger partial charge in [-0.3, -0.25) is 4.68 Å². The fourth-order valence-corrected chi connectivity index (χ4v) is 2.28. The van der Waals surface area contributed by atoms with Crippen LogP contribution in [0.25, 0.3) is 0 Å². The Balaban J connectivity index is 2.13. The lowest BCUT2D eigenvalue weighted by atomic mass is 10.0. The van der Waals surface area contributed by atoms with Gasteiger partial charge in [-0.1, -0.05) is 13.0 Å². The van der Waals surface area contributed by atoms with E-state index in [4.69, 9.17) is 4.74 Å². The van der Waals surface area contributed by atoms with Crippen LogP contribution < -0.4 is 10.1 Å². The van der Waals surface area contributed by atoms with E-state index in [1.165, 1.54) is 11.3 Å². The standard InChI is InChI=1S/C15H22N4O/c1-4-9-19-14(7-8-18-19)13(16-2)10-12-5-6-15(20-3)17-11-12/h5-8,11,13,16H,4,9-10H2,1-3H3. The van der Waals surface area contributed by atoms with Gasteiger partial charge in [0.25, 0.3) is 0 Å². The molecule has 0 radical (unpaired) electrons. The van der Waals surface area contributed by atoms with Crippen molar-refractivity contribution in [2.45, 2.75) is 32.4 Å². The molecule has 0 aliphatic rings. The lowest BCUT2D eigenvalue weighted by molar-refractivity contribution is 0.397. The molecule has 0 aliphatic heterocycles. The molecule has 0 aromatic carbocycles.